The molecule has 0 saturated carbocycles. The third-order valence-electron chi connectivity index (χ3n) is 2.76. The molecule has 0 aliphatic heterocycles. The Balaban J connectivity index is 1.93. The molecule has 0 aliphatic rings. The van der Waals surface area contributed by atoms with Crippen molar-refractivity contribution in [3.8, 4) is 5.75 Å². The molecule has 0 radical (unpaired) electrons. The Bertz CT molecular complexity index is 655. The number of hydrogen-bond acceptors (Lipinski definition) is 4. The van der Waals surface area contributed by atoms with Crippen LogP contribution in [0.5, 0.6) is 5.75 Å². The molecule has 2 rings (SSSR count). The lowest BCUT2D eigenvalue weighted by molar-refractivity contribution is 0.306. The van der Waals surface area contributed by atoms with Crippen LogP contribution in [-0.2, 0) is 16.6 Å². The molecule has 5 nitrogen and oxygen atoms in total. The van der Waals surface area contributed by atoms with Gasteiger partial charge in [-0.15, -0.1) is 0 Å². The Labute approximate surface area is 124 Å². The topological polar surface area (TPSA) is 81.4 Å². The maximum absolute atomic E-state index is 11.6. The summed E-state index contributed by atoms with van der Waals surface area (Å²) in [5.74, 6) is 0.583. The SMILES string of the molecule is NCCS(=O)(=O)Nc1ccc(OCc2ccccc2)cc1. The lowest BCUT2D eigenvalue weighted by atomic mass is 10.2. The van der Waals surface area contributed by atoms with Gasteiger partial charge in [-0.3, -0.25) is 4.72 Å². The highest BCUT2D eigenvalue weighted by Gasteiger charge is 2.08. The number of hydrogen-bond donors (Lipinski definition) is 2. The van der Waals surface area contributed by atoms with E-state index in [0.29, 0.717) is 18.0 Å². The number of ether oxygens (including phenoxy) is 1. The van der Waals surface area contributed by atoms with Crippen LogP contribution >= 0.6 is 0 Å². The smallest absolute Gasteiger partial charge is 0.233 e. The van der Waals surface area contributed by atoms with Crippen LogP contribution < -0.4 is 15.2 Å². The van der Waals surface area contributed by atoms with Gasteiger partial charge in [-0.25, -0.2) is 8.42 Å². The van der Waals surface area contributed by atoms with Gasteiger partial charge in [-0.1, -0.05) is 30.3 Å². The zero-order valence-corrected chi connectivity index (χ0v) is 12.3. The lowest BCUT2D eigenvalue weighted by Gasteiger charge is -2.09. The summed E-state index contributed by atoms with van der Waals surface area (Å²) in [5.41, 5.74) is 6.82. The molecule has 0 atom stereocenters. The summed E-state index contributed by atoms with van der Waals surface area (Å²) in [6.07, 6.45) is 0. The van der Waals surface area contributed by atoms with Gasteiger partial charge in [0.2, 0.25) is 10.0 Å². The van der Waals surface area contributed by atoms with Crippen LogP contribution in [0.15, 0.2) is 54.6 Å². The highest BCUT2D eigenvalue weighted by Crippen LogP contribution is 2.18. The predicted molar refractivity (Wildman–Crippen MR) is 83.7 cm³/mol. The molecule has 0 aliphatic carbocycles. The normalized spacial score (nSPS) is 11.1. The number of sulfonamides is 1. The Morgan fingerprint density at radius 1 is 1.00 bits per heavy atom. The molecule has 3 N–H and O–H groups in total. The first-order chi connectivity index (χ1) is 10.1. The number of benzene rings is 2. The van der Waals surface area contributed by atoms with Crippen molar-refractivity contribution in [2.45, 2.75) is 6.61 Å². The summed E-state index contributed by atoms with van der Waals surface area (Å²) in [6, 6.07) is 16.6. The van der Waals surface area contributed by atoms with Crippen molar-refractivity contribution in [2.75, 3.05) is 17.0 Å². The maximum Gasteiger partial charge on any atom is 0.233 e. The van der Waals surface area contributed by atoms with Crippen LogP contribution in [0.1, 0.15) is 5.56 Å². The Kier molecular flexibility index (Phi) is 5.19. The largest absolute Gasteiger partial charge is 0.489 e. The van der Waals surface area contributed by atoms with E-state index in [0.717, 1.165) is 5.56 Å². The molecule has 0 saturated heterocycles. The minimum Gasteiger partial charge on any atom is -0.489 e. The maximum atomic E-state index is 11.6. The summed E-state index contributed by atoms with van der Waals surface area (Å²) in [4.78, 5) is 0. The molecular weight excluding hydrogens is 288 g/mol. The molecule has 112 valence electrons. The average Bonchev–Trinajstić information content (AvgIpc) is 2.47. The molecule has 6 heteroatoms. The highest BCUT2D eigenvalue weighted by atomic mass is 32.2. The fourth-order valence-corrected chi connectivity index (χ4v) is 2.65. The van der Waals surface area contributed by atoms with Crippen molar-refractivity contribution in [2.24, 2.45) is 5.73 Å². The highest BCUT2D eigenvalue weighted by molar-refractivity contribution is 7.92. The second kappa shape index (κ2) is 7.10. The zero-order chi connectivity index (χ0) is 15.1. The molecule has 0 heterocycles. The van der Waals surface area contributed by atoms with Gasteiger partial charge in [0.1, 0.15) is 12.4 Å². The fourth-order valence-electron chi connectivity index (χ4n) is 1.75. The van der Waals surface area contributed by atoms with E-state index >= 15 is 0 Å². The van der Waals surface area contributed by atoms with Gasteiger partial charge < -0.3 is 10.5 Å². The number of anilines is 1. The molecule has 21 heavy (non-hydrogen) atoms. The summed E-state index contributed by atoms with van der Waals surface area (Å²) in [5, 5.41) is 0. The monoisotopic (exact) mass is 306 g/mol. The zero-order valence-electron chi connectivity index (χ0n) is 11.5. The van der Waals surface area contributed by atoms with E-state index in [-0.39, 0.29) is 12.3 Å². The quantitative estimate of drug-likeness (QED) is 0.819. The predicted octanol–water partition coefficient (Wildman–Crippen LogP) is 1.97. The molecule has 0 spiro atoms. The molecule has 2 aromatic rings. The van der Waals surface area contributed by atoms with E-state index in [2.05, 4.69) is 4.72 Å². The van der Waals surface area contributed by atoms with Crippen molar-refractivity contribution in [1.82, 2.24) is 0 Å². The van der Waals surface area contributed by atoms with Crippen LogP contribution in [-0.4, -0.2) is 20.7 Å². The van der Waals surface area contributed by atoms with Gasteiger partial charge in [0.05, 0.1) is 5.75 Å². The molecule has 0 amide bonds. The van der Waals surface area contributed by atoms with Crippen LogP contribution in [0.2, 0.25) is 0 Å². The summed E-state index contributed by atoms with van der Waals surface area (Å²) in [7, 11) is -3.37. The van der Waals surface area contributed by atoms with E-state index in [4.69, 9.17) is 10.5 Å². The number of nitrogens with one attached hydrogen (secondary N) is 1. The third-order valence-corrected chi connectivity index (χ3v) is 4.08. The van der Waals surface area contributed by atoms with E-state index in [1.807, 2.05) is 30.3 Å². The summed E-state index contributed by atoms with van der Waals surface area (Å²) >= 11 is 0. The summed E-state index contributed by atoms with van der Waals surface area (Å²) < 4.78 is 31.2. The first kappa shape index (κ1) is 15.3. The molecule has 0 bridgehead atoms. The molecule has 2 aromatic carbocycles. The fraction of sp³-hybridized carbons (Fsp3) is 0.200. The van der Waals surface area contributed by atoms with E-state index < -0.39 is 10.0 Å². The van der Waals surface area contributed by atoms with Gasteiger partial charge in [-0.05, 0) is 29.8 Å². The van der Waals surface area contributed by atoms with Crippen molar-refractivity contribution >= 4 is 15.7 Å². The second-order valence-corrected chi connectivity index (χ2v) is 6.35. The van der Waals surface area contributed by atoms with E-state index in [1.165, 1.54) is 0 Å². The number of nitrogens with two attached hydrogens (primary N) is 1. The van der Waals surface area contributed by atoms with Crippen LogP contribution in [0.3, 0.4) is 0 Å². The Morgan fingerprint density at radius 3 is 2.29 bits per heavy atom. The molecular formula is C15H18N2O3S. The molecule has 0 unspecified atom stereocenters. The Morgan fingerprint density at radius 2 is 1.67 bits per heavy atom. The van der Waals surface area contributed by atoms with E-state index in [1.54, 1.807) is 24.3 Å². The first-order valence-electron chi connectivity index (χ1n) is 6.56. The molecule has 0 aromatic heterocycles. The van der Waals surface area contributed by atoms with Crippen LogP contribution in [0, 0.1) is 0 Å². The number of rotatable bonds is 7. The van der Waals surface area contributed by atoms with Gasteiger partial charge in [0.25, 0.3) is 0 Å². The lowest BCUT2D eigenvalue weighted by Crippen LogP contribution is -2.22. The Hall–Kier alpha value is -2.05. The van der Waals surface area contributed by atoms with Crippen molar-refractivity contribution in [3.63, 3.8) is 0 Å². The minimum absolute atomic E-state index is 0.0909. The second-order valence-electron chi connectivity index (χ2n) is 4.51. The van der Waals surface area contributed by atoms with Gasteiger partial charge >= 0.3 is 0 Å². The van der Waals surface area contributed by atoms with Gasteiger partial charge in [0.15, 0.2) is 0 Å². The summed E-state index contributed by atoms with van der Waals surface area (Å²) in [6.45, 7) is 0.562. The van der Waals surface area contributed by atoms with Crippen LogP contribution in [0.25, 0.3) is 0 Å². The first-order valence-corrected chi connectivity index (χ1v) is 8.22. The third kappa shape index (κ3) is 5.09. The molecule has 0 fully saturated rings. The average molecular weight is 306 g/mol. The van der Waals surface area contributed by atoms with Crippen LogP contribution in [0.4, 0.5) is 5.69 Å². The minimum atomic E-state index is -3.37. The van der Waals surface area contributed by atoms with Gasteiger partial charge in [0, 0.05) is 12.2 Å². The van der Waals surface area contributed by atoms with Crippen molar-refractivity contribution in [3.05, 3.63) is 60.2 Å². The van der Waals surface area contributed by atoms with Crippen molar-refractivity contribution in [1.29, 1.82) is 0 Å². The van der Waals surface area contributed by atoms with Gasteiger partial charge in [-0.2, -0.15) is 0 Å². The standard InChI is InChI=1S/C15H18N2O3S/c16-10-11-21(18,19)17-14-6-8-15(9-7-14)20-12-13-4-2-1-3-5-13/h1-9,17H,10-12,16H2. The van der Waals surface area contributed by atoms with Crippen molar-refractivity contribution < 1.29 is 13.2 Å². The van der Waals surface area contributed by atoms with E-state index in [9.17, 15) is 8.42 Å².